The van der Waals surface area contributed by atoms with E-state index in [0.717, 1.165) is 0 Å². The van der Waals surface area contributed by atoms with Crippen LogP contribution in [-0.4, -0.2) is 58.6 Å². The maximum atomic E-state index is 11.6. The number of carbonyl (C=O) groups excluding carboxylic acids is 1. The van der Waals surface area contributed by atoms with Gasteiger partial charge in [-0.1, -0.05) is 6.92 Å². The maximum absolute atomic E-state index is 11.6. The lowest BCUT2D eigenvalue weighted by molar-refractivity contribution is -0.159. The van der Waals surface area contributed by atoms with Gasteiger partial charge in [-0.05, 0) is 25.5 Å². The van der Waals surface area contributed by atoms with E-state index in [2.05, 4.69) is 16.2 Å². The van der Waals surface area contributed by atoms with Gasteiger partial charge in [0.2, 0.25) is 5.60 Å². The number of aromatic nitrogens is 3. The van der Waals surface area contributed by atoms with Crippen molar-refractivity contribution in [1.82, 2.24) is 14.6 Å². The molecule has 11 heteroatoms. The van der Waals surface area contributed by atoms with Crippen LogP contribution in [0, 0.1) is 11.3 Å². The van der Waals surface area contributed by atoms with Gasteiger partial charge in [0.15, 0.2) is 12.1 Å². The normalized spacial score (nSPS) is 30.8. The van der Waals surface area contributed by atoms with Crippen molar-refractivity contribution in [1.29, 1.82) is 5.26 Å². The van der Waals surface area contributed by atoms with E-state index in [0.29, 0.717) is 17.6 Å². The first-order valence-corrected chi connectivity index (χ1v) is 9.32. The molecule has 2 fully saturated rings. The predicted octanol–water partition coefficient (Wildman–Crippen LogP) is 1.12. The highest BCUT2D eigenvalue weighted by molar-refractivity contribution is 5.66. The van der Waals surface area contributed by atoms with E-state index in [9.17, 15) is 10.1 Å². The van der Waals surface area contributed by atoms with Crippen LogP contribution in [0.15, 0.2) is 18.5 Å². The molecular weight excluding hydrogens is 382 g/mol. The summed E-state index contributed by atoms with van der Waals surface area (Å²) in [4.78, 5) is 15.6. The summed E-state index contributed by atoms with van der Waals surface area (Å²) in [7, 11) is 0. The lowest BCUT2D eigenvalue weighted by atomic mass is 9.92. The lowest BCUT2D eigenvalue weighted by Gasteiger charge is -2.26. The van der Waals surface area contributed by atoms with Gasteiger partial charge >= 0.3 is 6.16 Å². The van der Waals surface area contributed by atoms with Crippen LogP contribution in [0.4, 0.5) is 10.6 Å². The van der Waals surface area contributed by atoms with Crippen LogP contribution in [-0.2, 0) is 29.3 Å². The molecule has 2 aromatic heterocycles. The van der Waals surface area contributed by atoms with Crippen LogP contribution in [0.25, 0.3) is 5.52 Å². The Bertz CT molecular complexity index is 958. The first kappa shape index (κ1) is 19.4. The second-order valence-corrected chi connectivity index (χ2v) is 6.65. The molecule has 0 spiro atoms. The molecule has 29 heavy (non-hydrogen) atoms. The molecule has 0 radical (unpaired) electrons. The zero-order chi connectivity index (χ0) is 20.6. The molecule has 0 amide bonds. The van der Waals surface area contributed by atoms with Crippen molar-refractivity contribution in [2.45, 2.75) is 50.5 Å². The molecule has 11 nitrogen and oxygen atoms in total. The average molecular weight is 403 g/mol. The minimum Gasteiger partial charge on any atom is -0.435 e. The molecular formula is C18H21N5O6. The smallest absolute Gasteiger partial charge is 0.435 e. The summed E-state index contributed by atoms with van der Waals surface area (Å²) in [6.45, 7) is 3.62. The quantitative estimate of drug-likeness (QED) is 0.721. The highest BCUT2D eigenvalue weighted by Crippen LogP contribution is 2.47. The number of nitrogens with zero attached hydrogens (tertiary/aromatic N) is 4. The van der Waals surface area contributed by atoms with Crippen molar-refractivity contribution in [3.63, 3.8) is 0 Å². The van der Waals surface area contributed by atoms with Crippen molar-refractivity contribution >= 4 is 17.5 Å². The van der Waals surface area contributed by atoms with E-state index in [1.807, 2.05) is 6.92 Å². The Balaban J connectivity index is 1.71. The Morgan fingerprint density at radius 2 is 2.21 bits per heavy atom. The van der Waals surface area contributed by atoms with Gasteiger partial charge in [-0.25, -0.2) is 14.3 Å². The Labute approximate surface area is 166 Å². The summed E-state index contributed by atoms with van der Waals surface area (Å²) in [5, 5.41) is 14.4. The fourth-order valence-corrected chi connectivity index (χ4v) is 3.72. The third-order valence-electron chi connectivity index (χ3n) is 5.00. The second kappa shape index (κ2) is 7.47. The van der Waals surface area contributed by atoms with Crippen molar-refractivity contribution in [2.24, 2.45) is 0 Å². The van der Waals surface area contributed by atoms with Gasteiger partial charge in [0.05, 0.1) is 12.3 Å². The maximum Gasteiger partial charge on any atom is 0.508 e. The molecule has 4 rings (SSSR count). The van der Waals surface area contributed by atoms with Gasteiger partial charge < -0.3 is 29.4 Å². The van der Waals surface area contributed by atoms with Crippen LogP contribution in [0.3, 0.4) is 0 Å². The van der Waals surface area contributed by atoms with Gasteiger partial charge in [0, 0.05) is 0 Å². The summed E-state index contributed by atoms with van der Waals surface area (Å²) >= 11 is 0. The molecule has 1 unspecified atom stereocenters. The molecule has 0 aromatic carbocycles. The fourth-order valence-electron chi connectivity index (χ4n) is 3.72. The number of hydrogen-bond donors (Lipinski definition) is 1. The van der Waals surface area contributed by atoms with Gasteiger partial charge in [-0.2, -0.15) is 10.4 Å². The number of anilines is 1. The Morgan fingerprint density at radius 3 is 2.93 bits per heavy atom. The van der Waals surface area contributed by atoms with Gasteiger partial charge in [0.1, 0.15) is 42.8 Å². The average Bonchev–Trinajstić information content (AvgIpc) is 3.40. The molecule has 154 valence electrons. The zero-order valence-electron chi connectivity index (χ0n) is 16.0. The largest absolute Gasteiger partial charge is 0.508 e. The van der Waals surface area contributed by atoms with Crippen LogP contribution in [0.2, 0.25) is 0 Å². The minimum atomic E-state index is -1.54. The molecule has 2 saturated heterocycles. The topological polar surface area (TPSA) is 143 Å². The highest BCUT2D eigenvalue weighted by Gasteiger charge is 2.63. The summed E-state index contributed by atoms with van der Waals surface area (Å²) in [6, 6.07) is 5.63. The third-order valence-corrected chi connectivity index (χ3v) is 5.00. The van der Waals surface area contributed by atoms with E-state index < -0.39 is 36.4 Å². The number of nitrogen functional groups attached to an aromatic ring is 1. The summed E-state index contributed by atoms with van der Waals surface area (Å²) in [6.07, 6.45) is -1.53. The van der Waals surface area contributed by atoms with Crippen LogP contribution < -0.4 is 5.73 Å². The fraction of sp³-hybridized carbons (Fsp3) is 0.556. The number of fused-ring (bicyclic) bond motifs is 2. The van der Waals surface area contributed by atoms with Gasteiger partial charge in [-0.3, -0.25) is 0 Å². The van der Waals surface area contributed by atoms with Crippen molar-refractivity contribution < 1.29 is 28.5 Å². The second-order valence-electron chi connectivity index (χ2n) is 6.65. The molecule has 2 N–H and O–H groups in total. The minimum absolute atomic E-state index is 0.149. The SMILES string of the molecule is CCOC(=O)OC[C@H]1O[C@@](C#N)(c2ccc3c(N)ncnn23)[C@@H]2OC(CC)O[C@@H]21. The van der Waals surface area contributed by atoms with Gasteiger partial charge in [0.25, 0.3) is 0 Å². The summed E-state index contributed by atoms with van der Waals surface area (Å²) < 4.78 is 29.5. The molecule has 4 heterocycles. The van der Waals surface area contributed by atoms with Gasteiger partial charge in [-0.15, -0.1) is 0 Å². The molecule has 2 aliphatic heterocycles. The number of rotatable bonds is 5. The highest BCUT2D eigenvalue weighted by atomic mass is 16.8. The van der Waals surface area contributed by atoms with E-state index in [4.69, 9.17) is 29.4 Å². The summed E-state index contributed by atoms with van der Waals surface area (Å²) in [5.74, 6) is 0.270. The number of nitriles is 1. The Kier molecular flexibility index (Phi) is 4.99. The van der Waals surface area contributed by atoms with Crippen molar-refractivity contribution in [3.05, 3.63) is 24.2 Å². The molecule has 0 saturated carbocycles. The van der Waals surface area contributed by atoms with E-state index in [-0.39, 0.29) is 19.0 Å². The first-order valence-electron chi connectivity index (χ1n) is 9.32. The summed E-state index contributed by atoms with van der Waals surface area (Å²) in [5.41, 5.74) is 5.35. The number of hydrogen-bond acceptors (Lipinski definition) is 10. The van der Waals surface area contributed by atoms with Crippen LogP contribution >= 0.6 is 0 Å². The van der Waals surface area contributed by atoms with E-state index >= 15 is 0 Å². The number of ether oxygens (including phenoxy) is 5. The predicted molar refractivity (Wildman–Crippen MR) is 96.4 cm³/mol. The monoisotopic (exact) mass is 403 g/mol. The van der Waals surface area contributed by atoms with E-state index in [1.54, 1.807) is 19.1 Å². The number of nitrogens with two attached hydrogens (primary N) is 1. The number of carbonyl (C=O) groups is 1. The van der Waals surface area contributed by atoms with Crippen LogP contribution in [0.5, 0.6) is 0 Å². The molecule has 5 atom stereocenters. The standard InChI is InChI=1S/C18H21N5O6/c1-3-13-27-14-11(7-26-17(24)25-4-2)29-18(8-19,15(14)28-13)12-6-5-10-16(20)21-9-22-23(10)12/h5-6,9,11,13-15H,3-4,7H2,1-2H3,(H2,20,21,22)/t11-,13?,14-,15-,18+/m1/s1. The van der Waals surface area contributed by atoms with Crippen LogP contribution in [0.1, 0.15) is 26.0 Å². The van der Waals surface area contributed by atoms with Crippen molar-refractivity contribution in [3.8, 4) is 6.07 Å². The molecule has 2 aromatic rings. The molecule has 2 aliphatic rings. The third kappa shape index (κ3) is 3.05. The lowest BCUT2D eigenvalue weighted by Crippen LogP contribution is -2.40. The first-order chi connectivity index (χ1) is 14.0. The van der Waals surface area contributed by atoms with Crippen molar-refractivity contribution in [2.75, 3.05) is 18.9 Å². The molecule has 0 bridgehead atoms. The Hall–Kier alpha value is -2.94. The van der Waals surface area contributed by atoms with E-state index in [1.165, 1.54) is 10.8 Å². The molecule has 0 aliphatic carbocycles. The zero-order valence-corrected chi connectivity index (χ0v) is 16.0. The Morgan fingerprint density at radius 1 is 1.38 bits per heavy atom.